The molecule has 0 bridgehead atoms. The topological polar surface area (TPSA) is 55.8 Å². The summed E-state index contributed by atoms with van der Waals surface area (Å²) < 4.78 is 10.4. The van der Waals surface area contributed by atoms with Crippen molar-refractivity contribution < 1.29 is 19.4 Å². The van der Waals surface area contributed by atoms with Gasteiger partial charge in [-0.1, -0.05) is 13.8 Å². The molecule has 1 N–H and O–H groups in total. The van der Waals surface area contributed by atoms with Gasteiger partial charge in [-0.25, -0.2) is 4.79 Å². The zero-order valence-corrected chi connectivity index (χ0v) is 9.49. The van der Waals surface area contributed by atoms with E-state index in [2.05, 4.69) is 0 Å². The van der Waals surface area contributed by atoms with Gasteiger partial charge in [-0.15, -0.1) is 0 Å². The molecular weight excluding hydrogens is 196 g/mol. The molecule has 88 valence electrons. The maximum atomic E-state index is 11.5. The lowest BCUT2D eigenvalue weighted by molar-refractivity contribution is -0.163. The number of hydrogen-bond acceptors (Lipinski definition) is 4. The van der Waals surface area contributed by atoms with Gasteiger partial charge < -0.3 is 14.6 Å². The van der Waals surface area contributed by atoms with Crippen molar-refractivity contribution in [2.24, 2.45) is 5.41 Å². The van der Waals surface area contributed by atoms with Gasteiger partial charge in [-0.2, -0.15) is 0 Å². The van der Waals surface area contributed by atoms with Crippen molar-refractivity contribution in [3.05, 3.63) is 0 Å². The maximum Gasteiger partial charge on any atom is 0.335 e. The molecular formula is C11H20O4. The molecule has 1 heterocycles. The number of ether oxygens (including phenoxy) is 2. The first-order valence-electron chi connectivity index (χ1n) is 5.44. The minimum absolute atomic E-state index is 0.00576. The van der Waals surface area contributed by atoms with E-state index in [0.29, 0.717) is 6.61 Å². The third-order valence-electron chi connectivity index (χ3n) is 2.48. The Labute approximate surface area is 90.6 Å². The van der Waals surface area contributed by atoms with Crippen LogP contribution in [0.15, 0.2) is 0 Å². The number of aliphatic hydroxyl groups excluding tert-OH is 1. The Bertz CT molecular complexity index is 207. The fraction of sp³-hybridized carbons (Fsp3) is 0.909. The van der Waals surface area contributed by atoms with Crippen molar-refractivity contribution in [1.29, 1.82) is 0 Å². The summed E-state index contributed by atoms with van der Waals surface area (Å²) in [5.74, 6) is -0.295. The Hall–Kier alpha value is -0.610. The van der Waals surface area contributed by atoms with Crippen LogP contribution in [0, 0.1) is 5.41 Å². The van der Waals surface area contributed by atoms with Crippen LogP contribution in [-0.4, -0.2) is 37.0 Å². The largest absolute Gasteiger partial charge is 0.463 e. The van der Waals surface area contributed by atoms with Crippen LogP contribution >= 0.6 is 0 Å². The molecule has 0 aromatic carbocycles. The number of rotatable bonds is 4. The van der Waals surface area contributed by atoms with Crippen LogP contribution in [0.5, 0.6) is 0 Å². The molecule has 0 spiro atoms. The Morgan fingerprint density at radius 1 is 1.53 bits per heavy atom. The molecule has 0 aliphatic carbocycles. The Kier molecular flexibility index (Phi) is 4.54. The maximum absolute atomic E-state index is 11.5. The zero-order valence-electron chi connectivity index (χ0n) is 9.49. The van der Waals surface area contributed by atoms with Gasteiger partial charge in [0.1, 0.15) is 0 Å². The molecule has 0 aromatic heterocycles. The predicted octanol–water partition coefficient (Wildman–Crippen LogP) is 1.12. The standard InChI is InChI=1S/C11H20O4/c1-11(2,7-12)8-15-10(13)9-5-3-4-6-14-9/h9,12H,3-8H2,1-2H3. The molecule has 0 amide bonds. The normalized spacial score (nSPS) is 22.5. The molecule has 1 aliphatic heterocycles. The van der Waals surface area contributed by atoms with E-state index in [1.807, 2.05) is 13.8 Å². The van der Waals surface area contributed by atoms with E-state index in [0.717, 1.165) is 19.3 Å². The van der Waals surface area contributed by atoms with Crippen LogP contribution in [0.3, 0.4) is 0 Å². The van der Waals surface area contributed by atoms with E-state index >= 15 is 0 Å². The third-order valence-corrected chi connectivity index (χ3v) is 2.48. The highest BCUT2D eigenvalue weighted by molar-refractivity contribution is 5.74. The summed E-state index contributed by atoms with van der Waals surface area (Å²) in [4.78, 5) is 11.5. The van der Waals surface area contributed by atoms with E-state index in [9.17, 15) is 4.79 Å². The molecule has 4 nitrogen and oxygen atoms in total. The fourth-order valence-corrected chi connectivity index (χ4v) is 1.33. The van der Waals surface area contributed by atoms with Crippen molar-refractivity contribution in [3.63, 3.8) is 0 Å². The Morgan fingerprint density at radius 2 is 2.27 bits per heavy atom. The number of carbonyl (C=O) groups is 1. The van der Waals surface area contributed by atoms with Crippen LogP contribution in [0.25, 0.3) is 0 Å². The lowest BCUT2D eigenvalue weighted by atomic mass is 9.96. The fourth-order valence-electron chi connectivity index (χ4n) is 1.33. The number of aliphatic hydroxyl groups is 1. The van der Waals surface area contributed by atoms with Crippen LogP contribution < -0.4 is 0 Å². The average Bonchev–Trinajstić information content (AvgIpc) is 2.27. The van der Waals surface area contributed by atoms with Crippen LogP contribution in [0.4, 0.5) is 0 Å². The molecule has 0 radical (unpaired) electrons. The monoisotopic (exact) mass is 216 g/mol. The molecule has 1 aliphatic rings. The van der Waals surface area contributed by atoms with Gasteiger partial charge in [-0.3, -0.25) is 0 Å². The van der Waals surface area contributed by atoms with Gasteiger partial charge in [0.25, 0.3) is 0 Å². The quantitative estimate of drug-likeness (QED) is 0.715. The smallest absolute Gasteiger partial charge is 0.335 e. The molecule has 1 atom stereocenters. The first-order chi connectivity index (χ1) is 7.05. The summed E-state index contributed by atoms with van der Waals surface area (Å²) >= 11 is 0. The summed E-state index contributed by atoms with van der Waals surface area (Å²) in [5, 5.41) is 8.99. The van der Waals surface area contributed by atoms with E-state index in [1.54, 1.807) is 0 Å². The number of carbonyl (C=O) groups excluding carboxylic acids is 1. The third kappa shape index (κ3) is 4.18. The molecule has 0 saturated carbocycles. The molecule has 0 aromatic rings. The minimum Gasteiger partial charge on any atom is -0.463 e. The molecule has 1 fully saturated rings. The van der Waals surface area contributed by atoms with Crippen LogP contribution in [0.1, 0.15) is 33.1 Å². The summed E-state index contributed by atoms with van der Waals surface area (Å²) in [6, 6.07) is 0. The second-order valence-electron chi connectivity index (χ2n) is 4.79. The van der Waals surface area contributed by atoms with Crippen molar-refractivity contribution >= 4 is 5.97 Å². The molecule has 15 heavy (non-hydrogen) atoms. The van der Waals surface area contributed by atoms with Crippen molar-refractivity contribution in [3.8, 4) is 0 Å². The van der Waals surface area contributed by atoms with Crippen LogP contribution in [0.2, 0.25) is 0 Å². The highest BCUT2D eigenvalue weighted by Crippen LogP contribution is 2.17. The van der Waals surface area contributed by atoms with Gasteiger partial charge >= 0.3 is 5.97 Å². The molecule has 4 heteroatoms. The van der Waals surface area contributed by atoms with Gasteiger partial charge in [0.05, 0.1) is 13.2 Å². The first-order valence-corrected chi connectivity index (χ1v) is 5.44. The molecule has 1 rings (SSSR count). The zero-order chi connectivity index (χ0) is 11.3. The lowest BCUT2D eigenvalue weighted by Gasteiger charge is -2.25. The van der Waals surface area contributed by atoms with E-state index in [-0.39, 0.29) is 24.6 Å². The number of hydrogen-bond donors (Lipinski definition) is 1. The number of esters is 1. The van der Waals surface area contributed by atoms with E-state index in [1.165, 1.54) is 0 Å². The van der Waals surface area contributed by atoms with Gasteiger partial charge in [-0.05, 0) is 19.3 Å². The van der Waals surface area contributed by atoms with Crippen molar-refractivity contribution in [2.45, 2.75) is 39.2 Å². The predicted molar refractivity (Wildman–Crippen MR) is 55.4 cm³/mol. The van der Waals surface area contributed by atoms with E-state index in [4.69, 9.17) is 14.6 Å². The summed E-state index contributed by atoms with van der Waals surface area (Å²) in [7, 11) is 0. The highest BCUT2D eigenvalue weighted by atomic mass is 16.6. The molecule has 1 unspecified atom stereocenters. The van der Waals surface area contributed by atoms with Gasteiger partial charge in [0, 0.05) is 12.0 Å². The minimum atomic E-state index is -0.395. The lowest BCUT2D eigenvalue weighted by Crippen LogP contribution is -2.33. The average molecular weight is 216 g/mol. The Morgan fingerprint density at radius 3 is 2.80 bits per heavy atom. The van der Waals surface area contributed by atoms with Crippen molar-refractivity contribution in [2.75, 3.05) is 19.8 Å². The van der Waals surface area contributed by atoms with Gasteiger partial charge in [0.2, 0.25) is 0 Å². The summed E-state index contributed by atoms with van der Waals surface area (Å²) in [6.45, 7) is 4.58. The van der Waals surface area contributed by atoms with Crippen molar-refractivity contribution in [1.82, 2.24) is 0 Å². The molecule has 1 saturated heterocycles. The second-order valence-corrected chi connectivity index (χ2v) is 4.79. The van der Waals surface area contributed by atoms with Gasteiger partial charge in [0.15, 0.2) is 6.10 Å². The Balaban J connectivity index is 2.28. The second kappa shape index (κ2) is 5.47. The summed E-state index contributed by atoms with van der Waals surface area (Å²) in [5.41, 5.74) is -0.371. The summed E-state index contributed by atoms with van der Waals surface area (Å²) in [6.07, 6.45) is 2.39. The van der Waals surface area contributed by atoms with Crippen LogP contribution in [-0.2, 0) is 14.3 Å². The van der Waals surface area contributed by atoms with E-state index < -0.39 is 6.10 Å². The SMILES string of the molecule is CC(C)(CO)COC(=O)C1CCCCO1. The highest BCUT2D eigenvalue weighted by Gasteiger charge is 2.26. The first kappa shape index (κ1) is 12.5.